The maximum atomic E-state index is 12.0. The van der Waals surface area contributed by atoms with Gasteiger partial charge in [-0.1, -0.05) is 40.0 Å². The van der Waals surface area contributed by atoms with E-state index in [2.05, 4.69) is 5.32 Å². The molecule has 0 spiro atoms. The molecule has 1 rings (SSSR count). The zero-order valence-electron chi connectivity index (χ0n) is 12.2. The van der Waals surface area contributed by atoms with E-state index in [1.807, 2.05) is 0 Å². The summed E-state index contributed by atoms with van der Waals surface area (Å²) in [6.07, 6.45) is 5.16. The van der Waals surface area contributed by atoms with Crippen LogP contribution in [0.4, 0.5) is 0 Å². The molecule has 0 aliphatic heterocycles. The van der Waals surface area contributed by atoms with Crippen molar-refractivity contribution in [1.82, 2.24) is 5.32 Å². The predicted molar refractivity (Wildman–Crippen MR) is 73.6 cm³/mol. The number of carboxylic acids is 1. The summed E-state index contributed by atoms with van der Waals surface area (Å²) in [5, 5.41) is 11.8. The summed E-state index contributed by atoms with van der Waals surface area (Å²) >= 11 is 0. The van der Waals surface area contributed by atoms with E-state index in [9.17, 15) is 14.7 Å². The maximum Gasteiger partial charge on any atom is 0.326 e. The summed E-state index contributed by atoms with van der Waals surface area (Å²) in [7, 11) is 0. The number of hydrogen-bond donors (Lipinski definition) is 3. The molecule has 0 unspecified atom stereocenters. The van der Waals surface area contributed by atoms with Gasteiger partial charge in [-0.05, 0) is 18.3 Å². The Kier molecular flexibility index (Phi) is 4.96. The van der Waals surface area contributed by atoms with Gasteiger partial charge in [0.05, 0.1) is 0 Å². The van der Waals surface area contributed by atoms with E-state index in [-0.39, 0.29) is 12.3 Å². The van der Waals surface area contributed by atoms with Crippen molar-refractivity contribution in [2.45, 2.75) is 70.9 Å². The molecule has 5 nitrogen and oxygen atoms in total. The maximum absolute atomic E-state index is 12.0. The highest BCUT2D eigenvalue weighted by Gasteiger charge is 2.35. The van der Waals surface area contributed by atoms with Crippen LogP contribution >= 0.6 is 0 Å². The van der Waals surface area contributed by atoms with E-state index in [1.54, 1.807) is 20.8 Å². The van der Waals surface area contributed by atoms with E-state index in [0.29, 0.717) is 0 Å². The first kappa shape index (κ1) is 16.0. The molecule has 1 aliphatic carbocycles. The first-order valence-electron chi connectivity index (χ1n) is 6.95. The van der Waals surface area contributed by atoms with Gasteiger partial charge in [0, 0.05) is 12.0 Å². The molecule has 0 aromatic heterocycles. The Bertz CT molecular complexity index is 341. The van der Waals surface area contributed by atoms with Crippen LogP contribution in [-0.4, -0.2) is 28.6 Å². The number of aliphatic carboxylic acids is 1. The second-order valence-corrected chi connectivity index (χ2v) is 6.80. The van der Waals surface area contributed by atoms with Crippen LogP contribution in [0.5, 0.6) is 0 Å². The zero-order valence-corrected chi connectivity index (χ0v) is 12.2. The molecule has 1 atom stereocenters. The normalized spacial score (nSPS) is 20.6. The van der Waals surface area contributed by atoms with Crippen molar-refractivity contribution in [1.29, 1.82) is 0 Å². The Labute approximate surface area is 114 Å². The second kappa shape index (κ2) is 5.90. The smallest absolute Gasteiger partial charge is 0.326 e. The Balaban J connectivity index is 2.60. The van der Waals surface area contributed by atoms with Crippen LogP contribution in [0.1, 0.15) is 59.3 Å². The average Bonchev–Trinajstić information content (AvgIpc) is 2.24. The van der Waals surface area contributed by atoms with Gasteiger partial charge in [-0.3, -0.25) is 4.79 Å². The summed E-state index contributed by atoms with van der Waals surface area (Å²) in [5.41, 5.74) is 5.24. The fourth-order valence-electron chi connectivity index (χ4n) is 2.61. The molecule has 1 saturated carbocycles. The van der Waals surface area contributed by atoms with Crippen LogP contribution in [0, 0.1) is 5.41 Å². The molecule has 19 heavy (non-hydrogen) atoms. The molecule has 0 saturated heterocycles. The Morgan fingerprint density at radius 3 is 2.21 bits per heavy atom. The minimum atomic E-state index is -1.00. The lowest BCUT2D eigenvalue weighted by molar-refractivity contribution is -0.145. The summed E-state index contributed by atoms with van der Waals surface area (Å²) in [6.45, 7) is 5.39. The highest BCUT2D eigenvalue weighted by atomic mass is 16.4. The van der Waals surface area contributed by atoms with Crippen LogP contribution in [0.3, 0.4) is 0 Å². The van der Waals surface area contributed by atoms with Gasteiger partial charge in [-0.25, -0.2) is 4.79 Å². The molecule has 110 valence electrons. The van der Waals surface area contributed by atoms with Gasteiger partial charge in [0.1, 0.15) is 6.04 Å². The minimum Gasteiger partial charge on any atom is -0.480 e. The molecule has 1 fully saturated rings. The highest BCUT2D eigenvalue weighted by molar-refractivity contribution is 5.84. The van der Waals surface area contributed by atoms with Gasteiger partial charge in [-0.2, -0.15) is 0 Å². The van der Waals surface area contributed by atoms with Crippen LogP contribution in [0.15, 0.2) is 0 Å². The Morgan fingerprint density at radius 1 is 1.26 bits per heavy atom. The first-order valence-corrected chi connectivity index (χ1v) is 6.95. The third-order valence-corrected chi connectivity index (χ3v) is 3.78. The van der Waals surface area contributed by atoms with E-state index in [1.165, 1.54) is 6.42 Å². The van der Waals surface area contributed by atoms with Crippen molar-refractivity contribution in [2.75, 3.05) is 0 Å². The van der Waals surface area contributed by atoms with E-state index >= 15 is 0 Å². The topological polar surface area (TPSA) is 92.4 Å². The summed E-state index contributed by atoms with van der Waals surface area (Å²) in [6, 6.07) is -0.882. The molecular weight excluding hydrogens is 244 g/mol. The average molecular weight is 270 g/mol. The number of carboxylic acid groups (broad SMARTS) is 1. The van der Waals surface area contributed by atoms with E-state index in [4.69, 9.17) is 5.73 Å². The Hall–Kier alpha value is -1.10. The van der Waals surface area contributed by atoms with Gasteiger partial charge in [0.2, 0.25) is 5.91 Å². The molecule has 0 radical (unpaired) electrons. The van der Waals surface area contributed by atoms with Gasteiger partial charge >= 0.3 is 5.97 Å². The lowest BCUT2D eigenvalue weighted by atomic mass is 9.79. The fraction of sp³-hybridized carbons (Fsp3) is 0.857. The highest BCUT2D eigenvalue weighted by Crippen LogP contribution is 2.29. The molecule has 1 aliphatic rings. The summed E-state index contributed by atoms with van der Waals surface area (Å²) in [4.78, 5) is 23.2. The predicted octanol–water partition coefficient (Wildman–Crippen LogP) is 1.65. The zero-order chi connectivity index (χ0) is 14.7. The molecule has 0 aromatic carbocycles. The lowest BCUT2D eigenvalue weighted by Crippen LogP contribution is -2.52. The largest absolute Gasteiger partial charge is 0.480 e. The van der Waals surface area contributed by atoms with Crippen molar-refractivity contribution in [3.63, 3.8) is 0 Å². The van der Waals surface area contributed by atoms with Crippen molar-refractivity contribution < 1.29 is 14.7 Å². The summed E-state index contributed by atoms with van der Waals surface area (Å²) < 4.78 is 0. The van der Waals surface area contributed by atoms with Crippen LogP contribution in [0.25, 0.3) is 0 Å². The number of carbonyl (C=O) groups excluding carboxylic acids is 1. The summed E-state index contributed by atoms with van der Waals surface area (Å²) in [5.74, 6) is -1.26. The van der Waals surface area contributed by atoms with Gasteiger partial charge < -0.3 is 16.2 Å². The number of carbonyl (C=O) groups is 2. The second-order valence-electron chi connectivity index (χ2n) is 6.80. The number of rotatable bonds is 4. The van der Waals surface area contributed by atoms with Gasteiger partial charge in [-0.15, -0.1) is 0 Å². The lowest BCUT2D eigenvalue weighted by Gasteiger charge is -2.34. The van der Waals surface area contributed by atoms with Crippen LogP contribution < -0.4 is 11.1 Å². The molecular formula is C14H26N2O3. The number of nitrogens with one attached hydrogen (secondary N) is 1. The van der Waals surface area contributed by atoms with Crippen molar-refractivity contribution >= 4 is 11.9 Å². The fourth-order valence-corrected chi connectivity index (χ4v) is 2.61. The number of hydrogen-bond acceptors (Lipinski definition) is 3. The SMILES string of the molecule is CC(C)(C)[C@H](NC(=O)CC1(N)CCCCC1)C(=O)O. The van der Waals surface area contributed by atoms with Gasteiger partial charge in [0.15, 0.2) is 0 Å². The molecule has 4 N–H and O–H groups in total. The van der Waals surface area contributed by atoms with Crippen LogP contribution in [-0.2, 0) is 9.59 Å². The molecule has 0 heterocycles. The molecule has 0 aromatic rings. The van der Waals surface area contributed by atoms with E-state index < -0.39 is 23.0 Å². The van der Waals surface area contributed by atoms with Crippen molar-refractivity contribution in [3.05, 3.63) is 0 Å². The molecule has 1 amide bonds. The van der Waals surface area contributed by atoms with E-state index in [0.717, 1.165) is 25.7 Å². The number of amides is 1. The Morgan fingerprint density at radius 2 is 1.79 bits per heavy atom. The monoisotopic (exact) mass is 270 g/mol. The van der Waals surface area contributed by atoms with Crippen LogP contribution in [0.2, 0.25) is 0 Å². The van der Waals surface area contributed by atoms with Gasteiger partial charge in [0.25, 0.3) is 0 Å². The quantitative estimate of drug-likeness (QED) is 0.724. The minimum absolute atomic E-state index is 0.215. The standard InChI is InChI=1S/C14H26N2O3/c1-13(2,3)11(12(18)19)16-10(17)9-14(15)7-5-4-6-8-14/h11H,4-9,15H2,1-3H3,(H,16,17)(H,18,19)/t11-/m1/s1. The molecule has 0 bridgehead atoms. The third kappa shape index (κ3) is 4.82. The van der Waals surface area contributed by atoms with Crippen molar-refractivity contribution in [2.24, 2.45) is 11.1 Å². The first-order chi connectivity index (χ1) is 8.64. The number of nitrogens with two attached hydrogens (primary N) is 1. The van der Waals surface area contributed by atoms with Crippen molar-refractivity contribution in [3.8, 4) is 0 Å². The molecule has 5 heteroatoms. The third-order valence-electron chi connectivity index (χ3n) is 3.78.